The number of rotatable bonds is 5. The smallest absolute Gasteiger partial charge is 0.378 e. The minimum atomic E-state index is -4.76. The summed E-state index contributed by atoms with van der Waals surface area (Å²) in [6, 6.07) is 11.1. The van der Waals surface area contributed by atoms with Gasteiger partial charge in [-0.25, -0.2) is 9.97 Å². The van der Waals surface area contributed by atoms with Crippen LogP contribution < -0.4 is 5.32 Å². The van der Waals surface area contributed by atoms with E-state index in [1.165, 1.54) is 16.9 Å². The lowest BCUT2D eigenvalue weighted by atomic mass is 9.81. The van der Waals surface area contributed by atoms with Gasteiger partial charge in [0.15, 0.2) is 5.69 Å². The molecule has 3 saturated heterocycles. The van der Waals surface area contributed by atoms with Crippen LogP contribution in [0.15, 0.2) is 36.5 Å². The van der Waals surface area contributed by atoms with E-state index in [1.807, 2.05) is 18.2 Å². The minimum Gasteiger partial charge on any atom is -0.378 e. The molecule has 2 aromatic rings. The average molecular weight is 490 g/mol. The summed E-state index contributed by atoms with van der Waals surface area (Å²) in [5.41, 5.74) is -0.429. The van der Waals surface area contributed by atoms with Gasteiger partial charge in [-0.1, -0.05) is 36.8 Å². The molecule has 3 aliphatic rings. The van der Waals surface area contributed by atoms with E-state index in [4.69, 9.17) is 4.74 Å². The first kappa shape index (κ1) is 24.0. The zero-order chi connectivity index (χ0) is 24.4. The number of nitrogens with one attached hydrogen (secondary N) is 1. The van der Waals surface area contributed by atoms with E-state index in [-0.39, 0.29) is 25.1 Å². The highest BCUT2D eigenvalue weighted by Gasteiger charge is 2.41. The summed E-state index contributed by atoms with van der Waals surface area (Å²) in [4.78, 5) is 24.6. The molecule has 0 aliphatic carbocycles. The van der Waals surface area contributed by atoms with Crippen LogP contribution in [-0.4, -0.2) is 70.1 Å². The molecule has 3 aliphatic heterocycles. The molecule has 1 aromatic carbocycles. The third kappa shape index (κ3) is 5.43. The van der Waals surface area contributed by atoms with Gasteiger partial charge in [0.1, 0.15) is 0 Å². The SMILES string of the molecule is O=C(c1cnc(N[C@@H]2C[C@H]3CCC[C@@H](C2)N3Cc2ccccc2)nc1C(F)(F)F)N1CCOCC1. The number of benzene rings is 1. The van der Waals surface area contributed by atoms with Gasteiger partial charge in [0, 0.05) is 44.0 Å². The maximum atomic E-state index is 13.9. The molecule has 1 amide bonds. The Hall–Kier alpha value is -2.72. The van der Waals surface area contributed by atoms with Gasteiger partial charge in [-0.2, -0.15) is 13.2 Å². The van der Waals surface area contributed by atoms with Crippen LogP contribution in [0.3, 0.4) is 0 Å². The van der Waals surface area contributed by atoms with Crippen molar-refractivity contribution >= 4 is 11.9 Å². The number of hydrogen-bond donors (Lipinski definition) is 1. The Kier molecular flexibility index (Phi) is 6.93. The summed E-state index contributed by atoms with van der Waals surface area (Å²) in [6.45, 7) is 1.99. The monoisotopic (exact) mass is 489 g/mol. The molecule has 0 spiro atoms. The Morgan fingerprint density at radius 1 is 1.09 bits per heavy atom. The van der Waals surface area contributed by atoms with Crippen LogP contribution in [0, 0.1) is 0 Å². The second-order valence-corrected chi connectivity index (χ2v) is 9.57. The Balaban J connectivity index is 1.31. The van der Waals surface area contributed by atoms with Gasteiger partial charge in [0.25, 0.3) is 5.91 Å². The van der Waals surface area contributed by atoms with Crippen molar-refractivity contribution in [1.29, 1.82) is 0 Å². The molecule has 35 heavy (non-hydrogen) atoms. The van der Waals surface area contributed by atoms with E-state index in [0.29, 0.717) is 25.3 Å². The molecule has 0 radical (unpaired) electrons. The quantitative estimate of drug-likeness (QED) is 0.686. The summed E-state index contributed by atoms with van der Waals surface area (Å²) in [5.74, 6) is -0.786. The van der Waals surface area contributed by atoms with Crippen LogP contribution in [0.25, 0.3) is 0 Å². The van der Waals surface area contributed by atoms with Gasteiger partial charge >= 0.3 is 6.18 Å². The van der Waals surface area contributed by atoms with Gasteiger partial charge < -0.3 is 15.0 Å². The van der Waals surface area contributed by atoms with Gasteiger partial charge in [0.2, 0.25) is 5.95 Å². The number of carbonyl (C=O) groups excluding carboxylic acids is 1. The lowest BCUT2D eigenvalue weighted by molar-refractivity contribution is -0.141. The Morgan fingerprint density at radius 2 is 1.77 bits per heavy atom. The number of hydrogen-bond acceptors (Lipinski definition) is 6. The predicted molar refractivity (Wildman–Crippen MR) is 124 cm³/mol. The van der Waals surface area contributed by atoms with Gasteiger partial charge in [0.05, 0.1) is 18.8 Å². The highest BCUT2D eigenvalue weighted by molar-refractivity contribution is 5.95. The molecule has 2 bridgehead atoms. The molecule has 0 saturated carbocycles. The summed E-state index contributed by atoms with van der Waals surface area (Å²) in [7, 11) is 0. The molecule has 7 nitrogen and oxygen atoms in total. The number of alkyl halides is 3. The molecule has 0 unspecified atom stereocenters. The molecule has 1 N–H and O–H groups in total. The predicted octanol–water partition coefficient (Wildman–Crippen LogP) is 3.97. The number of amides is 1. The lowest BCUT2D eigenvalue weighted by Gasteiger charge is -2.49. The maximum Gasteiger partial charge on any atom is 0.434 e. The van der Waals surface area contributed by atoms with Crippen molar-refractivity contribution in [3.8, 4) is 0 Å². The van der Waals surface area contributed by atoms with E-state index in [2.05, 4.69) is 32.3 Å². The molecule has 4 heterocycles. The normalized spacial score (nSPS) is 25.3. The van der Waals surface area contributed by atoms with Crippen LogP contribution in [-0.2, 0) is 17.5 Å². The summed E-state index contributed by atoms with van der Waals surface area (Å²) in [5, 5.41) is 3.16. The number of carbonyl (C=O) groups is 1. The maximum absolute atomic E-state index is 13.9. The van der Waals surface area contributed by atoms with Crippen LogP contribution in [0.5, 0.6) is 0 Å². The summed E-state index contributed by atoms with van der Waals surface area (Å²) < 4.78 is 46.8. The molecule has 3 atom stereocenters. The molecule has 3 fully saturated rings. The largest absolute Gasteiger partial charge is 0.434 e. The van der Waals surface area contributed by atoms with Gasteiger partial charge in [-0.3, -0.25) is 9.69 Å². The number of morpholine rings is 1. The van der Waals surface area contributed by atoms with E-state index in [1.54, 1.807) is 0 Å². The van der Waals surface area contributed by atoms with Gasteiger partial charge in [-0.05, 0) is 31.2 Å². The van der Waals surface area contributed by atoms with E-state index in [9.17, 15) is 18.0 Å². The van der Waals surface area contributed by atoms with Crippen molar-refractivity contribution in [3.63, 3.8) is 0 Å². The highest BCUT2D eigenvalue weighted by atomic mass is 19.4. The third-order valence-corrected chi connectivity index (χ3v) is 7.25. The van der Waals surface area contributed by atoms with Gasteiger partial charge in [-0.15, -0.1) is 0 Å². The van der Waals surface area contributed by atoms with Crippen LogP contribution in [0.2, 0.25) is 0 Å². The number of aromatic nitrogens is 2. The molecule has 188 valence electrons. The summed E-state index contributed by atoms with van der Waals surface area (Å²) >= 11 is 0. The zero-order valence-electron chi connectivity index (χ0n) is 19.5. The number of fused-ring (bicyclic) bond motifs is 2. The van der Waals surface area contributed by atoms with Crippen molar-refractivity contribution in [2.75, 3.05) is 31.6 Å². The molecule has 1 aromatic heterocycles. The third-order valence-electron chi connectivity index (χ3n) is 7.25. The van der Waals surface area contributed by atoms with E-state index >= 15 is 0 Å². The molecular weight excluding hydrogens is 459 g/mol. The second-order valence-electron chi connectivity index (χ2n) is 9.57. The number of halogens is 3. The fourth-order valence-corrected chi connectivity index (χ4v) is 5.59. The average Bonchev–Trinajstić information content (AvgIpc) is 2.85. The summed E-state index contributed by atoms with van der Waals surface area (Å²) in [6.07, 6.45) is 1.21. The van der Waals surface area contributed by atoms with Crippen molar-refractivity contribution in [3.05, 3.63) is 53.3 Å². The van der Waals surface area contributed by atoms with Crippen molar-refractivity contribution in [2.24, 2.45) is 0 Å². The standard InChI is InChI=1S/C25H30F3N5O2/c26-25(27,28)22-21(23(34)32-9-11-35-12-10-32)15-29-24(31-22)30-18-13-19-7-4-8-20(14-18)33(19)16-17-5-2-1-3-6-17/h1-3,5-6,15,18-20H,4,7-14,16H2,(H,29,30,31)/t18-,19-,20+. The zero-order valence-corrected chi connectivity index (χ0v) is 19.5. The molecule has 5 rings (SSSR count). The van der Waals surface area contributed by atoms with Crippen LogP contribution >= 0.6 is 0 Å². The van der Waals surface area contributed by atoms with E-state index in [0.717, 1.165) is 38.4 Å². The van der Waals surface area contributed by atoms with Crippen LogP contribution in [0.4, 0.5) is 19.1 Å². The first-order valence-electron chi connectivity index (χ1n) is 12.3. The Bertz CT molecular complexity index is 1020. The molecular formula is C25H30F3N5O2. The number of ether oxygens (including phenoxy) is 1. The lowest BCUT2D eigenvalue weighted by Crippen LogP contribution is -2.54. The Labute approximate surface area is 202 Å². The topological polar surface area (TPSA) is 70.6 Å². The van der Waals surface area contributed by atoms with E-state index < -0.39 is 23.3 Å². The minimum absolute atomic E-state index is 0.0146. The van der Waals surface area contributed by atoms with Crippen LogP contribution in [0.1, 0.15) is 53.7 Å². The Morgan fingerprint density at radius 3 is 2.43 bits per heavy atom. The second kappa shape index (κ2) is 10.1. The number of nitrogens with zero attached hydrogens (tertiary/aromatic N) is 4. The first-order chi connectivity index (χ1) is 16.9. The van der Waals surface area contributed by atoms with Crippen molar-refractivity contribution in [1.82, 2.24) is 19.8 Å². The van der Waals surface area contributed by atoms with Crippen molar-refractivity contribution < 1.29 is 22.7 Å². The highest BCUT2D eigenvalue weighted by Crippen LogP contribution is 2.37. The number of piperidine rings is 2. The van der Waals surface area contributed by atoms with Crippen molar-refractivity contribution in [2.45, 2.75) is 63.0 Å². The molecule has 10 heteroatoms. The number of anilines is 1. The first-order valence-corrected chi connectivity index (χ1v) is 12.3. The fraction of sp³-hybridized carbons (Fsp3) is 0.560. The fourth-order valence-electron chi connectivity index (χ4n) is 5.59.